The molecule has 1 heterocycles. The zero-order chi connectivity index (χ0) is 15.6. The molecule has 1 aliphatic rings. The molecule has 0 radical (unpaired) electrons. The number of hydrogen-bond acceptors (Lipinski definition) is 6. The molecule has 1 fully saturated rings. The molecule has 0 saturated carbocycles. The molecule has 0 amide bonds. The van der Waals surface area contributed by atoms with Crippen LogP contribution < -0.4 is 10.5 Å². The van der Waals surface area contributed by atoms with Crippen molar-refractivity contribution in [1.29, 1.82) is 0 Å². The van der Waals surface area contributed by atoms with E-state index in [1.165, 1.54) is 25.3 Å². The molecular formula is C13H18N2O5S. The molecule has 21 heavy (non-hydrogen) atoms. The lowest BCUT2D eigenvalue weighted by Gasteiger charge is -2.19. The van der Waals surface area contributed by atoms with Gasteiger partial charge in [-0.15, -0.1) is 0 Å². The Bertz CT molecular complexity index is 644. The Labute approximate surface area is 123 Å². The van der Waals surface area contributed by atoms with E-state index in [-0.39, 0.29) is 29.2 Å². The first-order valence-corrected chi connectivity index (χ1v) is 8.42. The van der Waals surface area contributed by atoms with E-state index >= 15 is 0 Å². The van der Waals surface area contributed by atoms with Gasteiger partial charge in [0.2, 0.25) is 0 Å². The van der Waals surface area contributed by atoms with E-state index in [2.05, 4.69) is 0 Å². The van der Waals surface area contributed by atoms with Crippen molar-refractivity contribution in [3.8, 4) is 5.75 Å². The van der Waals surface area contributed by atoms with Gasteiger partial charge in [0.05, 0.1) is 23.5 Å². The summed E-state index contributed by atoms with van der Waals surface area (Å²) in [6.07, 6.45) is 0.895. The standard InChI is InChI=1S/C13H18N2O5S/c1-20-13-3-2-11(15(16)17)6-10(13)7-12(14)9-4-5-21(18,19)8-9/h2-3,6,9,12H,4-5,7-8,14H2,1H3. The van der Waals surface area contributed by atoms with E-state index < -0.39 is 14.8 Å². The van der Waals surface area contributed by atoms with Gasteiger partial charge in [-0.2, -0.15) is 0 Å². The van der Waals surface area contributed by atoms with E-state index in [9.17, 15) is 18.5 Å². The molecule has 0 aromatic heterocycles. The molecule has 7 nitrogen and oxygen atoms in total. The third-order valence-corrected chi connectivity index (χ3v) is 5.60. The van der Waals surface area contributed by atoms with Gasteiger partial charge >= 0.3 is 0 Å². The van der Waals surface area contributed by atoms with E-state index in [0.29, 0.717) is 24.2 Å². The highest BCUT2D eigenvalue weighted by atomic mass is 32.2. The Morgan fingerprint density at radius 3 is 2.76 bits per heavy atom. The normalized spacial score (nSPS) is 21.9. The van der Waals surface area contributed by atoms with E-state index in [4.69, 9.17) is 10.5 Å². The Morgan fingerprint density at radius 2 is 2.24 bits per heavy atom. The van der Waals surface area contributed by atoms with Crippen LogP contribution in [0.25, 0.3) is 0 Å². The third kappa shape index (κ3) is 3.70. The van der Waals surface area contributed by atoms with Crippen LogP contribution in [0.2, 0.25) is 0 Å². The van der Waals surface area contributed by atoms with Gasteiger partial charge in [-0.1, -0.05) is 0 Å². The molecule has 2 rings (SSSR count). The van der Waals surface area contributed by atoms with Crippen LogP contribution in [-0.4, -0.2) is 38.0 Å². The van der Waals surface area contributed by atoms with Gasteiger partial charge in [0.25, 0.3) is 5.69 Å². The van der Waals surface area contributed by atoms with Gasteiger partial charge in [-0.25, -0.2) is 8.42 Å². The van der Waals surface area contributed by atoms with Crippen molar-refractivity contribution in [2.24, 2.45) is 11.7 Å². The number of rotatable bonds is 5. The van der Waals surface area contributed by atoms with Gasteiger partial charge in [0.1, 0.15) is 5.75 Å². The molecule has 0 bridgehead atoms. The fraction of sp³-hybridized carbons (Fsp3) is 0.538. The number of non-ortho nitro benzene ring substituents is 1. The van der Waals surface area contributed by atoms with Crippen molar-refractivity contribution in [2.45, 2.75) is 18.9 Å². The van der Waals surface area contributed by atoms with Crippen molar-refractivity contribution >= 4 is 15.5 Å². The van der Waals surface area contributed by atoms with Crippen LogP contribution in [0.3, 0.4) is 0 Å². The predicted molar refractivity (Wildman–Crippen MR) is 78.1 cm³/mol. The van der Waals surface area contributed by atoms with Crippen LogP contribution in [-0.2, 0) is 16.3 Å². The van der Waals surface area contributed by atoms with Crippen LogP contribution in [0, 0.1) is 16.0 Å². The lowest BCUT2D eigenvalue weighted by atomic mass is 9.93. The second-order valence-corrected chi connectivity index (χ2v) is 7.51. The molecule has 2 atom stereocenters. The summed E-state index contributed by atoms with van der Waals surface area (Å²) in [4.78, 5) is 10.4. The first kappa shape index (κ1) is 15.7. The fourth-order valence-electron chi connectivity index (χ4n) is 2.62. The summed E-state index contributed by atoms with van der Waals surface area (Å²) < 4.78 is 28.2. The predicted octanol–water partition coefficient (Wildman–Crippen LogP) is 0.908. The molecule has 1 saturated heterocycles. The topological polar surface area (TPSA) is 113 Å². The number of benzene rings is 1. The zero-order valence-electron chi connectivity index (χ0n) is 11.7. The van der Waals surface area contributed by atoms with Crippen LogP contribution in [0.1, 0.15) is 12.0 Å². The summed E-state index contributed by atoms with van der Waals surface area (Å²) in [6, 6.07) is 3.97. The quantitative estimate of drug-likeness (QED) is 0.638. The maximum atomic E-state index is 11.5. The average Bonchev–Trinajstić information content (AvgIpc) is 2.79. The molecule has 1 aliphatic heterocycles. The molecule has 2 N–H and O–H groups in total. The van der Waals surface area contributed by atoms with Crippen molar-refractivity contribution in [2.75, 3.05) is 18.6 Å². The second-order valence-electron chi connectivity index (χ2n) is 5.28. The lowest BCUT2D eigenvalue weighted by molar-refractivity contribution is -0.384. The van der Waals surface area contributed by atoms with Gasteiger partial charge in [0, 0.05) is 23.7 Å². The second kappa shape index (κ2) is 5.98. The summed E-state index contributed by atoms with van der Waals surface area (Å²) >= 11 is 0. The highest BCUT2D eigenvalue weighted by molar-refractivity contribution is 7.91. The molecule has 8 heteroatoms. The highest BCUT2D eigenvalue weighted by Gasteiger charge is 2.32. The Balaban J connectivity index is 2.18. The van der Waals surface area contributed by atoms with Crippen molar-refractivity contribution in [1.82, 2.24) is 0 Å². The third-order valence-electron chi connectivity index (χ3n) is 3.80. The first-order valence-electron chi connectivity index (χ1n) is 6.59. The smallest absolute Gasteiger partial charge is 0.269 e. The molecule has 1 aromatic rings. The largest absolute Gasteiger partial charge is 0.496 e. The average molecular weight is 314 g/mol. The molecule has 0 spiro atoms. The monoisotopic (exact) mass is 314 g/mol. The SMILES string of the molecule is COc1ccc([N+](=O)[O-])cc1CC(N)C1CCS(=O)(=O)C1. The summed E-state index contributed by atoms with van der Waals surface area (Å²) in [6.45, 7) is 0. The van der Waals surface area contributed by atoms with Gasteiger partial charge in [-0.05, 0) is 24.8 Å². The van der Waals surface area contributed by atoms with Crippen LogP contribution >= 0.6 is 0 Å². The highest BCUT2D eigenvalue weighted by Crippen LogP contribution is 2.28. The minimum atomic E-state index is -2.99. The number of methoxy groups -OCH3 is 1. The van der Waals surface area contributed by atoms with Crippen LogP contribution in [0.5, 0.6) is 5.75 Å². The Morgan fingerprint density at radius 1 is 1.52 bits per heavy atom. The minimum Gasteiger partial charge on any atom is -0.496 e. The fourth-order valence-corrected chi connectivity index (χ4v) is 4.51. The summed E-state index contributed by atoms with van der Waals surface area (Å²) in [7, 11) is -1.51. The minimum absolute atomic E-state index is 0.0305. The number of sulfone groups is 1. The Hall–Kier alpha value is -1.67. The van der Waals surface area contributed by atoms with Crippen molar-refractivity contribution in [3.05, 3.63) is 33.9 Å². The van der Waals surface area contributed by atoms with E-state index in [0.717, 1.165) is 0 Å². The summed E-state index contributed by atoms with van der Waals surface area (Å²) in [5.41, 5.74) is 6.69. The van der Waals surface area contributed by atoms with Crippen molar-refractivity contribution < 1.29 is 18.1 Å². The molecule has 1 aromatic carbocycles. The van der Waals surface area contributed by atoms with Gasteiger partial charge in [0.15, 0.2) is 9.84 Å². The van der Waals surface area contributed by atoms with Gasteiger partial charge < -0.3 is 10.5 Å². The molecule has 0 aliphatic carbocycles. The van der Waals surface area contributed by atoms with Crippen LogP contribution in [0.4, 0.5) is 5.69 Å². The first-order chi connectivity index (χ1) is 9.82. The van der Waals surface area contributed by atoms with Crippen molar-refractivity contribution in [3.63, 3.8) is 0 Å². The number of hydrogen-bond donors (Lipinski definition) is 1. The summed E-state index contributed by atoms with van der Waals surface area (Å²) in [5.74, 6) is 0.666. The summed E-state index contributed by atoms with van der Waals surface area (Å²) in [5, 5.41) is 10.8. The number of nitrogens with two attached hydrogens (primary N) is 1. The molecular weight excluding hydrogens is 296 g/mol. The number of nitro groups is 1. The molecule has 2 unspecified atom stereocenters. The van der Waals surface area contributed by atoms with E-state index in [1.54, 1.807) is 0 Å². The maximum absolute atomic E-state index is 11.5. The van der Waals surface area contributed by atoms with Gasteiger partial charge in [-0.3, -0.25) is 10.1 Å². The zero-order valence-corrected chi connectivity index (χ0v) is 12.5. The maximum Gasteiger partial charge on any atom is 0.269 e. The number of nitro benzene ring substituents is 1. The Kier molecular flexibility index (Phi) is 4.48. The number of nitrogens with zero attached hydrogens (tertiary/aromatic N) is 1. The number of ether oxygens (including phenoxy) is 1. The van der Waals surface area contributed by atoms with E-state index in [1.807, 2.05) is 0 Å². The van der Waals surface area contributed by atoms with Crippen LogP contribution in [0.15, 0.2) is 18.2 Å². The lowest BCUT2D eigenvalue weighted by Crippen LogP contribution is -2.33. The molecule has 116 valence electrons.